The molecule has 5 amide bonds. The highest BCUT2D eigenvalue weighted by molar-refractivity contribution is 7.98. The smallest absolute Gasteiger partial charge is 0.326 e. The van der Waals surface area contributed by atoms with Gasteiger partial charge in [0.25, 0.3) is 0 Å². The molecule has 0 radical (unpaired) electrons. The van der Waals surface area contributed by atoms with Crippen molar-refractivity contribution in [2.24, 2.45) is 17.2 Å². The zero-order valence-electron chi connectivity index (χ0n) is 21.3. The van der Waals surface area contributed by atoms with Crippen LogP contribution < -0.4 is 33.2 Å². The molecule has 2 rings (SSSR count). The van der Waals surface area contributed by atoms with Gasteiger partial charge in [0.05, 0.1) is 18.9 Å². The number of carboxylic acid groups (broad SMARTS) is 1. The molecule has 0 aliphatic rings. The van der Waals surface area contributed by atoms with Crippen LogP contribution in [0.5, 0.6) is 0 Å². The fourth-order valence-corrected chi connectivity index (χ4v) is 4.24. The van der Waals surface area contributed by atoms with E-state index < -0.39 is 72.5 Å². The number of fused-ring (bicyclic) bond motifs is 1. The van der Waals surface area contributed by atoms with Gasteiger partial charge in [0.2, 0.25) is 29.5 Å². The van der Waals surface area contributed by atoms with Gasteiger partial charge in [-0.05, 0) is 36.5 Å². The molecule has 4 atom stereocenters. The number of nitrogens with two attached hydrogens (primary N) is 3. The number of rotatable bonds is 16. The molecule has 15 heteroatoms. The van der Waals surface area contributed by atoms with Gasteiger partial charge in [-0.3, -0.25) is 24.0 Å². The third-order valence-corrected chi connectivity index (χ3v) is 6.40. The van der Waals surface area contributed by atoms with Crippen LogP contribution in [-0.2, 0) is 35.2 Å². The molecule has 0 aliphatic heterocycles. The summed E-state index contributed by atoms with van der Waals surface area (Å²) in [6, 6.07) is 2.14. The van der Waals surface area contributed by atoms with Gasteiger partial charge in [0, 0.05) is 17.1 Å². The lowest BCUT2D eigenvalue weighted by Gasteiger charge is -2.24. The number of nitrogens with one attached hydrogen (secondary N) is 4. The maximum atomic E-state index is 13.1. The van der Waals surface area contributed by atoms with Gasteiger partial charge in [0.1, 0.15) is 18.1 Å². The molecule has 0 saturated carbocycles. The van der Waals surface area contributed by atoms with Crippen LogP contribution in [0.2, 0.25) is 0 Å². The van der Waals surface area contributed by atoms with E-state index in [1.807, 2.05) is 24.3 Å². The number of aromatic nitrogens is 1. The molecule has 0 saturated heterocycles. The summed E-state index contributed by atoms with van der Waals surface area (Å²) in [5, 5.41) is 17.1. The highest BCUT2D eigenvalue weighted by atomic mass is 32.2. The number of benzene rings is 1. The van der Waals surface area contributed by atoms with Crippen molar-refractivity contribution in [2.75, 3.05) is 12.0 Å². The van der Waals surface area contributed by atoms with Gasteiger partial charge in [-0.25, -0.2) is 4.79 Å². The number of amides is 5. The van der Waals surface area contributed by atoms with E-state index in [1.54, 1.807) is 12.5 Å². The largest absolute Gasteiger partial charge is 0.480 e. The summed E-state index contributed by atoms with van der Waals surface area (Å²) in [6.07, 6.45) is 2.54. The minimum atomic E-state index is -1.68. The first-order valence-corrected chi connectivity index (χ1v) is 13.3. The SMILES string of the molecule is CSCCC(NC(=O)C(N)Cc1c[nH]c2ccccc12)C(=O)NC(CC(N)=O)C(=O)NC(CC(N)=O)C(=O)O. The third-order valence-electron chi connectivity index (χ3n) is 5.75. The summed E-state index contributed by atoms with van der Waals surface area (Å²) in [5.41, 5.74) is 18.1. The van der Waals surface area contributed by atoms with Crippen LogP contribution in [0.3, 0.4) is 0 Å². The van der Waals surface area contributed by atoms with Crippen LogP contribution in [0.4, 0.5) is 0 Å². The summed E-state index contributed by atoms with van der Waals surface area (Å²) < 4.78 is 0. The molecule has 0 aliphatic carbocycles. The number of thioether (sulfide) groups is 1. The van der Waals surface area contributed by atoms with Crippen molar-refractivity contribution in [3.05, 3.63) is 36.0 Å². The van der Waals surface area contributed by atoms with E-state index in [1.165, 1.54) is 11.8 Å². The van der Waals surface area contributed by atoms with E-state index in [2.05, 4.69) is 20.9 Å². The van der Waals surface area contributed by atoms with Gasteiger partial charge in [0.15, 0.2) is 0 Å². The van der Waals surface area contributed by atoms with Crippen LogP contribution in [0, 0.1) is 0 Å². The van der Waals surface area contributed by atoms with Crippen molar-refractivity contribution in [3.63, 3.8) is 0 Å². The van der Waals surface area contributed by atoms with Gasteiger partial charge >= 0.3 is 5.97 Å². The average molecular weight is 564 g/mol. The molecule has 1 heterocycles. The lowest BCUT2D eigenvalue weighted by atomic mass is 10.0. The zero-order chi connectivity index (χ0) is 29.1. The predicted octanol–water partition coefficient (Wildman–Crippen LogP) is -1.92. The molecule has 14 nitrogen and oxygen atoms in total. The normalized spacial score (nSPS) is 14.0. The second-order valence-electron chi connectivity index (χ2n) is 8.81. The molecule has 212 valence electrons. The first-order chi connectivity index (χ1) is 18.4. The zero-order valence-corrected chi connectivity index (χ0v) is 22.1. The summed E-state index contributed by atoms with van der Waals surface area (Å²) >= 11 is 1.41. The molecule has 1 aromatic heterocycles. The minimum absolute atomic E-state index is 0.170. The Hall–Kier alpha value is -4.11. The van der Waals surface area contributed by atoms with E-state index in [9.17, 15) is 33.9 Å². The van der Waals surface area contributed by atoms with Crippen molar-refractivity contribution < 1.29 is 33.9 Å². The Morgan fingerprint density at radius 3 is 2.08 bits per heavy atom. The van der Waals surface area contributed by atoms with Gasteiger partial charge < -0.3 is 43.2 Å². The average Bonchev–Trinajstić information content (AvgIpc) is 3.27. The summed E-state index contributed by atoms with van der Waals surface area (Å²) in [4.78, 5) is 75.9. The van der Waals surface area contributed by atoms with Crippen LogP contribution >= 0.6 is 11.8 Å². The Kier molecular flexibility index (Phi) is 11.7. The first kappa shape index (κ1) is 31.1. The number of primary amides is 2. The van der Waals surface area contributed by atoms with E-state index in [0.29, 0.717) is 5.75 Å². The summed E-state index contributed by atoms with van der Waals surface area (Å²) in [5.74, 6) is -5.50. The summed E-state index contributed by atoms with van der Waals surface area (Å²) in [7, 11) is 0. The maximum Gasteiger partial charge on any atom is 0.326 e. The number of H-pyrrole nitrogens is 1. The number of aromatic amines is 1. The fraction of sp³-hybridized carbons (Fsp3) is 0.417. The molecule has 39 heavy (non-hydrogen) atoms. The van der Waals surface area contributed by atoms with Crippen molar-refractivity contribution in [1.29, 1.82) is 0 Å². The van der Waals surface area contributed by atoms with Crippen molar-refractivity contribution in [3.8, 4) is 0 Å². The van der Waals surface area contributed by atoms with Crippen molar-refractivity contribution in [1.82, 2.24) is 20.9 Å². The van der Waals surface area contributed by atoms with E-state index in [-0.39, 0.29) is 12.8 Å². The number of carbonyl (C=O) groups excluding carboxylic acids is 5. The second kappa shape index (κ2) is 14.7. The molecule has 2 aromatic rings. The fourth-order valence-electron chi connectivity index (χ4n) is 3.77. The van der Waals surface area contributed by atoms with Gasteiger partial charge in [-0.2, -0.15) is 11.8 Å². The predicted molar refractivity (Wildman–Crippen MR) is 144 cm³/mol. The Morgan fingerprint density at radius 1 is 0.897 bits per heavy atom. The number of aliphatic carboxylic acids is 1. The van der Waals surface area contributed by atoms with Gasteiger partial charge in [-0.15, -0.1) is 0 Å². The lowest BCUT2D eigenvalue weighted by Crippen LogP contribution is -2.58. The van der Waals surface area contributed by atoms with Crippen LogP contribution in [0.1, 0.15) is 24.8 Å². The molecule has 11 N–H and O–H groups in total. The minimum Gasteiger partial charge on any atom is -0.480 e. The third kappa shape index (κ3) is 9.61. The monoisotopic (exact) mass is 563 g/mol. The molecular formula is C24H33N7O7S. The van der Waals surface area contributed by atoms with Crippen molar-refractivity contribution >= 4 is 58.2 Å². The first-order valence-electron chi connectivity index (χ1n) is 11.9. The van der Waals surface area contributed by atoms with Crippen LogP contribution in [0.15, 0.2) is 30.5 Å². The molecule has 4 unspecified atom stereocenters. The number of para-hydroxylation sites is 1. The highest BCUT2D eigenvalue weighted by Crippen LogP contribution is 2.19. The number of carboxylic acids is 1. The standard InChI is InChI=1S/C24H33N7O7S/c1-39-7-6-16(29-21(34)14(25)8-12-11-28-15-5-3-2-4-13(12)15)22(35)30-17(9-19(26)32)23(36)31-18(24(37)38)10-20(27)33/h2-5,11,14,16-18,28H,6-10,25H2,1H3,(H2,26,32)(H2,27,33)(H,29,34)(H,30,35)(H,31,36)(H,37,38). The van der Waals surface area contributed by atoms with Crippen molar-refractivity contribution in [2.45, 2.75) is 49.9 Å². The van der Waals surface area contributed by atoms with Crippen LogP contribution in [0.25, 0.3) is 10.9 Å². The number of hydrogen-bond acceptors (Lipinski definition) is 8. The highest BCUT2D eigenvalue weighted by Gasteiger charge is 2.31. The number of hydrogen-bond donors (Lipinski definition) is 8. The van der Waals surface area contributed by atoms with E-state index in [4.69, 9.17) is 17.2 Å². The lowest BCUT2D eigenvalue weighted by molar-refractivity contribution is -0.144. The van der Waals surface area contributed by atoms with E-state index in [0.717, 1.165) is 16.5 Å². The molecule has 0 spiro atoms. The molecule has 1 aromatic carbocycles. The molecule has 0 fully saturated rings. The Bertz CT molecular complexity index is 1220. The number of carbonyl (C=O) groups is 6. The van der Waals surface area contributed by atoms with Crippen LogP contribution in [-0.4, -0.2) is 81.8 Å². The van der Waals surface area contributed by atoms with Gasteiger partial charge in [-0.1, -0.05) is 18.2 Å². The quantitative estimate of drug-likeness (QED) is 0.113. The maximum absolute atomic E-state index is 13.1. The topological polar surface area (TPSA) is 253 Å². The summed E-state index contributed by atoms with van der Waals surface area (Å²) in [6.45, 7) is 0. The second-order valence-corrected chi connectivity index (χ2v) is 9.80. The Labute approximate surface area is 228 Å². The Balaban J connectivity index is 2.13. The molecule has 0 bridgehead atoms. The van der Waals surface area contributed by atoms with E-state index >= 15 is 0 Å². The Morgan fingerprint density at radius 2 is 1.46 bits per heavy atom. The molecular weight excluding hydrogens is 530 g/mol.